The molecule has 38 heavy (non-hydrogen) atoms. The predicted octanol–water partition coefficient (Wildman–Crippen LogP) is 9.56. The summed E-state index contributed by atoms with van der Waals surface area (Å²) in [5.41, 5.74) is -0.532. The van der Waals surface area contributed by atoms with Gasteiger partial charge in [-0.25, -0.2) is 4.79 Å². The lowest BCUT2D eigenvalue weighted by Gasteiger charge is -2.37. The Morgan fingerprint density at radius 2 is 1.03 bits per heavy atom. The van der Waals surface area contributed by atoms with E-state index in [1.807, 2.05) is 18.2 Å². The summed E-state index contributed by atoms with van der Waals surface area (Å²) >= 11 is 0. The standard InChI is InChI=1S/C34H60O4/c1-3-5-7-9-11-13-15-17-19-24-28-34(32(36)30-35,38-33(37)31-26-22-21-23-27-31)29-25-20-18-16-14-12-10-8-6-4-2/h21-23,26-27,32,35-36H,3-20,24-25,28-30H2,1-2H3. The van der Waals surface area contributed by atoms with Gasteiger partial charge in [0, 0.05) is 0 Å². The Bertz CT molecular complexity index is 636. The molecule has 0 bridgehead atoms. The number of unbranched alkanes of at least 4 members (excludes halogenated alkanes) is 18. The first-order chi connectivity index (χ1) is 18.6. The number of aliphatic hydroxyl groups excluding tert-OH is 2. The van der Waals surface area contributed by atoms with Gasteiger partial charge < -0.3 is 14.9 Å². The predicted molar refractivity (Wildman–Crippen MR) is 161 cm³/mol. The van der Waals surface area contributed by atoms with Crippen molar-refractivity contribution in [3.05, 3.63) is 35.9 Å². The van der Waals surface area contributed by atoms with Crippen LogP contribution < -0.4 is 0 Å². The van der Waals surface area contributed by atoms with Gasteiger partial charge in [-0.1, -0.05) is 148 Å². The molecule has 0 amide bonds. The molecule has 220 valence electrons. The second kappa shape index (κ2) is 23.5. The summed E-state index contributed by atoms with van der Waals surface area (Å²) in [6.45, 7) is 4.11. The van der Waals surface area contributed by atoms with Gasteiger partial charge in [0.15, 0.2) is 0 Å². The molecule has 4 heteroatoms. The maximum Gasteiger partial charge on any atom is 0.338 e. The van der Waals surface area contributed by atoms with E-state index >= 15 is 0 Å². The summed E-state index contributed by atoms with van der Waals surface area (Å²) in [6.07, 6.45) is 24.7. The van der Waals surface area contributed by atoms with Crippen molar-refractivity contribution in [2.45, 2.75) is 167 Å². The molecule has 0 heterocycles. The van der Waals surface area contributed by atoms with E-state index in [0.717, 1.165) is 25.7 Å². The second-order valence-electron chi connectivity index (χ2n) is 11.4. The van der Waals surface area contributed by atoms with Crippen molar-refractivity contribution in [1.29, 1.82) is 0 Å². The van der Waals surface area contributed by atoms with Gasteiger partial charge in [0.2, 0.25) is 0 Å². The number of ether oxygens (including phenoxy) is 1. The van der Waals surface area contributed by atoms with Crippen LogP contribution in [0.1, 0.15) is 165 Å². The molecule has 0 aliphatic carbocycles. The van der Waals surface area contributed by atoms with Crippen LogP contribution in [0.5, 0.6) is 0 Å². The summed E-state index contributed by atoms with van der Waals surface area (Å²) < 4.78 is 6.09. The van der Waals surface area contributed by atoms with Crippen LogP contribution in [-0.4, -0.2) is 34.5 Å². The molecule has 0 aliphatic rings. The molecule has 1 aromatic rings. The largest absolute Gasteiger partial charge is 0.453 e. The van der Waals surface area contributed by atoms with Gasteiger partial charge in [-0.3, -0.25) is 0 Å². The Morgan fingerprint density at radius 1 is 0.658 bits per heavy atom. The van der Waals surface area contributed by atoms with Crippen molar-refractivity contribution in [2.24, 2.45) is 0 Å². The smallest absolute Gasteiger partial charge is 0.338 e. The Balaban J connectivity index is 2.58. The molecular formula is C34H60O4. The highest BCUT2D eigenvalue weighted by Gasteiger charge is 2.40. The molecule has 0 saturated carbocycles. The quantitative estimate of drug-likeness (QED) is 0.0920. The Hall–Kier alpha value is -1.39. The highest BCUT2D eigenvalue weighted by Crippen LogP contribution is 2.32. The lowest BCUT2D eigenvalue weighted by atomic mass is 9.84. The Morgan fingerprint density at radius 3 is 1.39 bits per heavy atom. The molecule has 4 nitrogen and oxygen atoms in total. The normalized spacial score (nSPS) is 12.5. The topological polar surface area (TPSA) is 66.8 Å². The van der Waals surface area contributed by atoms with Gasteiger partial charge in [0.25, 0.3) is 0 Å². The van der Waals surface area contributed by atoms with E-state index in [4.69, 9.17) is 4.74 Å². The van der Waals surface area contributed by atoms with E-state index in [2.05, 4.69) is 13.8 Å². The van der Waals surface area contributed by atoms with E-state index in [9.17, 15) is 15.0 Å². The van der Waals surface area contributed by atoms with Gasteiger partial charge in [-0.05, 0) is 37.8 Å². The molecule has 0 radical (unpaired) electrons. The highest BCUT2D eigenvalue weighted by molar-refractivity contribution is 5.89. The van der Waals surface area contributed by atoms with E-state index in [1.165, 1.54) is 103 Å². The fourth-order valence-electron chi connectivity index (χ4n) is 5.44. The maximum absolute atomic E-state index is 13.0. The summed E-state index contributed by atoms with van der Waals surface area (Å²) in [5, 5.41) is 20.9. The van der Waals surface area contributed by atoms with Crippen LogP contribution in [-0.2, 0) is 4.74 Å². The van der Waals surface area contributed by atoms with E-state index < -0.39 is 24.3 Å². The molecular weight excluding hydrogens is 472 g/mol. The minimum atomic E-state index is -1.06. The average molecular weight is 533 g/mol. The third-order valence-electron chi connectivity index (χ3n) is 7.99. The zero-order chi connectivity index (χ0) is 27.7. The summed E-state index contributed by atoms with van der Waals surface area (Å²) in [5.74, 6) is -0.405. The zero-order valence-corrected chi connectivity index (χ0v) is 24.9. The van der Waals surface area contributed by atoms with Gasteiger partial charge in [-0.2, -0.15) is 0 Å². The number of aliphatic hydroxyl groups is 2. The minimum absolute atomic E-state index is 0.391. The molecule has 2 N–H and O–H groups in total. The molecule has 0 spiro atoms. The van der Waals surface area contributed by atoms with Crippen molar-refractivity contribution < 1.29 is 19.7 Å². The molecule has 0 aromatic heterocycles. The van der Waals surface area contributed by atoms with Crippen molar-refractivity contribution in [1.82, 2.24) is 0 Å². The first kappa shape index (κ1) is 34.6. The number of hydrogen-bond acceptors (Lipinski definition) is 4. The fourth-order valence-corrected chi connectivity index (χ4v) is 5.44. The molecule has 1 atom stereocenters. The third kappa shape index (κ3) is 15.9. The monoisotopic (exact) mass is 532 g/mol. The zero-order valence-electron chi connectivity index (χ0n) is 24.9. The summed E-state index contributed by atoms with van der Waals surface area (Å²) in [4.78, 5) is 13.0. The van der Waals surface area contributed by atoms with Gasteiger partial charge in [0.05, 0.1) is 12.2 Å². The van der Waals surface area contributed by atoms with Crippen LogP contribution in [0.3, 0.4) is 0 Å². The number of carbonyl (C=O) groups excluding carboxylic acids is 1. The summed E-state index contributed by atoms with van der Waals surface area (Å²) in [6, 6.07) is 9.02. The van der Waals surface area contributed by atoms with Gasteiger partial charge in [0.1, 0.15) is 11.7 Å². The second-order valence-corrected chi connectivity index (χ2v) is 11.4. The SMILES string of the molecule is CCCCCCCCCCCCC(CCCCCCCCCCCC)(OC(=O)c1ccccc1)C(O)CO. The molecule has 0 fully saturated rings. The van der Waals surface area contributed by atoms with E-state index in [-0.39, 0.29) is 0 Å². The van der Waals surface area contributed by atoms with E-state index in [0.29, 0.717) is 18.4 Å². The van der Waals surface area contributed by atoms with Crippen molar-refractivity contribution in [3.63, 3.8) is 0 Å². The number of carbonyl (C=O) groups is 1. The third-order valence-corrected chi connectivity index (χ3v) is 7.99. The van der Waals surface area contributed by atoms with Gasteiger partial charge >= 0.3 is 5.97 Å². The Kier molecular flexibility index (Phi) is 21.4. The fraction of sp³-hybridized carbons (Fsp3) is 0.794. The first-order valence-electron chi connectivity index (χ1n) is 16.2. The van der Waals surface area contributed by atoms with Gasteiger partial charge in [-0.15, -0.1) is 0 Å². The minimum Gasteiger partial charge on any atom is -0.453 e. The van der Waals surface area contributed by atoms with Crippen LogP contribution in [0.4, 0.5) is 0 Å². The summed E-state index contributed by atoms with van der Waals surface area (Å²) in [7, 11) is 0. The molecule has 1 aromatic carbocycles. The number of esters is 1. The number of rotatable bonds is 26. The van der Waals surface area contributed by atoms with Crippen LogP contribution in [0.25, 0.3) is 0 Å². The molecule has 1 unspecified atom stereocenters. The first-order valence-corrected chi connectivity index (χ1v) is 16.2. The molecule has 1 rings (SSSR count). The van der Waals surface area contributed by atoms with Crippen molar-refractivity contribution in [3.8, 4) is 0 Å². The van der Waals surface area contributed by atoms with E-state index in [1.54, 1.807) is 12.1 Å². The van der Waals surface area contributed by atoms with Crippen LogP contribution in [0.15, 0.2) is 30.3 Å². The lowest BCUT2D eigenvalue weighted by Crippen LogP contribution is -2.48. The van der Waals surface area contributed by atoms with Crippen molar-refractivity contribution in [2.75, 3.05) is 6.61 Å². The van der Waals surface area contributed by atoms with Crippen LogP contribution in [0.2, 0.25) is 0 Å². The van der Waals surface area contributed by atoms with Crippen molar-refractivity contribution >= 4 is 5.97 Å². The maximum atomic E-state index is 13.0. The number of benzene rings is 1. The molecule has 0 aliphatic heterocycles. The van der Waals surface area contributed by atoms with Crippen LogP contribution >= 0.6 is 0 Å². The highest BCUT2D eigenvalue weighted by atomic mass is 16.6. The van der Waals surface area contributed by atoms with Crippen LogP contribution in [0, 0.1) is 0 Å². The number of hydrogen-bond donors (Lipinski definition) is 2. The average Bonchev–Trinajstić information content (AvgIpc) is 2.94. The Labute approximate surface area is 235 Å². The molecule has 0 saturated heterocycles. The lowest BCUT2D eigenvalue weighted by molar-refractivity contribution is -0.116.